The summed E-state index contributed by atoms with van der Waals surface area (Å²) in [5.41, 5.74) is 24.4. The van der Waals surface area contributed by atoms with E-state index in [1.54, 1.807) is 0 Å². The molecule has 1 aromatic heterocycles. The first-order valence-corrected chi connectivity index (χ1v) is 26.2. The fraction of sp³-hybridized carbons (Fsp3) is 0.0137. The molecule has 3 nitrogen and oxygen atoms in total. The maximum atomic E-state index is 2.50. The third-order valence-corrected chi connectivity index (χ3v) is 15.9. The van der Waals surface area contributed by atoms with Crippen LogP contribution in [0.3, 0.4) is 0 Å². The Morgan fingerprint density at radius 2 is 0.671 bits per heavy atom. The zero-order valence-electron chi connectivity index (χ0n) is 41.6. The number of aromatic nitrogens is 1. The van der Waals surface area contributed by atoms with Crippen molar-refractivity contribution in [2.45, 2.75) is 5.41 Å². The van der Waals surface area contributed by atoms with Gasteiger partial charge in [-0.15, -0.1) is 0 Å². The Hall–Kier alpha value is -9.96. The highest BCUT2D eigenvalue weighted by Gasteiger charge is 2.51. The van der Waals surface area contributed by atoms with Crippen molar-refractivity contribution >= 4 is 55.9 Å². The number of hydrogen-bond acceptors (Lipinski definition) is 2. The monoisotopic (exact) mass is 967 g/mol. The fourth-order valence-corrected chi connectivity index (χ4v) is 12.7. The summed E-state index contributed by atoms with van der Waals surface area (Å²) >= 11 is 0. The van der Waals surface area contributed by atoms with E-state index in [0.29, 0.717) is 0 Å². The summed E-state index contributed by atoms with van der Waals surface area (Å²) in [4.78, 5) is 4.88. The second kappa shape index (κ2) is 17.6. The van der Waals surface area contributed by atoms with Gasteiger partial charge in [-0.2, -0.15) is 0 Å². The number of para-hydroxylation sites is 4. The molecule has 0 fully saturated rings. The molecule has 0 bridgehead atoms. The molecule has 0 radical (unpaired) electrons. The van der Waals surface area contributed by atoms with Crippen LogP contribution in [0.2, 0.25) is 0 Å². The fourth-order valence-electron chi connectivity index (χ4n) is 12.7. The van der Waals surface area contributed by atoms with Gasteiger partial charge in [0.25, 0.3) is 0 Å². The van der Waals surface area contributed by atoms with E-state index in [2.05, 4.69) is 312 Å². The van der Waals surface area contributed by atoms with Crippen LogP contribution in [0.1, 0.15) is 22.3 Å². The average molecular weight is 968 g/mol. The molecule has 0 N–H and O–H groups in total. The van der Waals surface area contributed by atoms with Crippen LogP contribution in [-0.4, -0.2) is 4.57 Å². The smallest absolute Gasteiger partial charge is 0.0726 e. The lowest BCUT2D eigenvalue weighted by Crippen LogP contribution is -2.26. The Bertz CT molecular complexity index is 4270. The molecule has 356 valence electrons. The summed E-state index contributed by atoms with van der Waals surface area (Å²) < 4.78 is 2.39. The van der Waals surface area contributed by atoms with E-state index < -0.39 is 5.41 Å². The predicted molar refractivity (Wildman–Crippen MR) is 317 cm³/mol. The molecule has 3 heteroatoms. The third-order valence-electron chi connectivity index (χ3n) is 15.9. The summed E-state index contributed by atoms with van der Waals surface area (Å²) in [6.45, 7) is 0. The maximum absolute atomic E-state index is 2.50. The lowest BCUT2D eigenvalue weighted by Gasteiger charge is -2.33. The van der Waals surface area contributed by atoms with E-state index in [9.17, 15) is 0 Å². The van der Waals surface area contributed by atoms with Crippen molar-refractivity contribution in [2.24, 2.45) is 0 Å². The molecule has 0 unspecified atom stereocenters. The minimum absolute atomic E-state index is 0.491. The van der Waals surface area contributed by atoms with Gasteiger partial charge in [-0.1, -0.05) is 200 Å². The molecule has 2 aliphatic carbocycles. The zero-order chi connectivity index (χ0) is 50.2. The van der Waals surface area contributed by atoms with Crippen molar-refractivity contribution in [3.8, 4) is 50.2 Å². The molecule has 13 aromatic rings. The first kappa shape index (κ1) is 43.6. The minimum atomic E-state index is -0.491. The number of fused-ring (bicyclic) bond motifs is 13. The average Bonchev–Trinajstić information content (AvgIpc) is 4.32. The quantitative estimate of drug-likeness (QED) is 0.143. The normalized spacial score (nSPS) is 12.6. The van der Waals surface area contributed by atoms with E-state index in [1.807, 2.05) is 0 Å². The standard InChI is InChI=1S/C73H49N3/c1-5-21-50(22-6-1)51-37-40-57(41-38-51)74(54-23-7-2-8-24-54)59-45-53(52-39-44-72-66(47-52)65-32-16-20-36-71(65)76(72)56-27-11-4-12-28-56)46-60(48-59)75(55-25-9-3-10-26-55)58-42-43-64-63-31-15-19-35-69(63)73(70(64)49-58)67-33-17-13-29-61(67)62-30-14-18-34-68(62)73/h1-49H. The second-order valence-corrected chi connectivity index (χ2v) is 20.0. The van der Waals surface area contributed by atoms with Gasteiger partial charge in [-0.25, -0.2) is 0 Å². The van der Waals surface area contributed by atoms with Crippen LogP contribution in [0.4, 0.5) is 34.1 Å². The van der Waals surface area contributed by atoms with Gasteiger partial charge in [-0.3, -0.25) is 0 Å². The molecule has 12 aromatic carbocycles. The van der Waals surface area contributed by atoms with Crippen LogP contribution in [0, 0.1) is 0 Å². The van der Waals surface area contributed by atoms with Gasteiger partial charge >= 0.3 is 0 Å². The van der Waals surface area contributed by atoms with Crippen LogP contribution in [0.15, 0.2) is 297 Å². The van der Waals surface area contributed by atoms with E-state index in [-0.39, 0.29) is 0 Å². The van der Waals surface area contributed by atoms with Crippen molar-refractivity contribution in [1.29, 1.82) is 0 Å². The van der Waals surface area contributed by atoms with Gasteiger partial charge in [0, 0.05) is 50.6 Å². The topological polar surface area (TPSA) is 11.4 Å². The Balaban J connectivity index is 0.982. The van der Waals surface area contributed by atoms with Crippen molar-refractivity contribution < 1.29 is 0 Å². The molecule has 0 amide bonds. The summed E-state index contributed by atoms with van der Waals surface area (Å²) in [5.74, 6) is 0. The Morgan fingerprint density at radius 1 is 0.237 bits per heavy atom. The van der Waals surface area contributed by atoms with E-state index >= 15 is 0 Å². The van der Waals surface area contributed by atoms with Gasteiger partial charge in [0.1, 0.15) is 0 Å². The molecule has 0 aliphatic heterocycles. The van der Waals surface area contributed by atoms with Crippen molar-refractivity contribution in [1.82, 2.24) is 4.57 Å². The first-order chi connectivity index (χ1) is 37.7. The Labute approximate surface area is 443 Å². The van der Waals surface area contributed by atoms with Crippen LogP contribution < -0.4 is 9.80 Å². The first-order valence-electron chi connectivity index (χ1n) is 26.2. The molecule has 0 saturated heterocycles. The number of nitrogens with zero attached hydrogens (tertiary/aromatic N) is 3. The second-order valence-electron chi connectivity index (χ2n) is 20.0. The summed E-state index contributed by atoms with van der Waals surface area (Å²) in [6.07, 6.45) is 0. The molecule has 15 rings (SSSR count). The van der Waals surface area contributed by atoms with E-state index in [0.717, 1.165) is 50.9 Å². The Kier molecular flexibility index (Phi) is 10.1. The molecular formula is C73H49N3. The highest BCUT2D eigenvalue weighted by atomic mass is 15.2. The molecule has 0 saturated carbocycles. The van der Waals surface area contributed by atoms with Gasteiger partial charge in [0.15, 0.2) is 0 Å². The number of benzene rings is 12. The molecule has 1 heterocycles. The summed E-state index contributed by atoms with van der Waals surface area (Å²) in [7, 11) is 0. The molecule has 1 spiro atoms. The molecule has 2 aliphatic rings. The van der Waals surface area contributed by atoms with Crippen LogP contribution >= 0.6 is 0 Å². The lowest BCUT2D eigenvalue weighted by molar-refractivity contribution is 0.793. The maximum Gasteiger partial charge on any atom is 0.0726 e. The Morgan fingerprint density at radius 3 is 1.28 bits per heavy atom. The van der Waals surface area contributed by atoms with Gasteiger partial charge < -0.3 is 14.4 Å². The number of hydrogen-bond donors (Lipinski definition) is 0. The van der Waals surface area contributed by atoms with Crippen molar-refractivity contribution in [3.05, 3.63) is 320 Å². The van der Waals surface area contributed by atoms with E-state index in [4.69, 9.17) is 0 Å². The number of rotatable bonds is 9. The van der Waals surface area contributed by atoms with Crippen molar-refractivity contribution in [2.75, 3.05) is 9.80 Å². The lowest BCUT2D eigenvalue weighted by atomic mass is 9.70. The summed E-state index contributed by atoms with van der Waals surface area (Å²) in [6, 6.07) is 109. The largest absolute Gasteiger partial charge is 0.310 e. The van der Waals surface area contributed by atoms with Crippen LogP contribution in [0.5, 0.6) is 0 Å². The number of anilines is 6. The van der Waals surface area contributed by atoms with Gasteiger partial charge in [0.2, 0.25) is 0 Å². The zero-order valence-corrected chi connectivity index (χ0v) is 41.6. The third kappa shape index (κ3) is 6.76. The molecular weight excluding hydrogens is 919 g/mol. The molecule has 0 atom stereocenters. The van der Waals surface area contributed by atoms with Gasteiger partial charge in [-0.05, 0) is 164 Å². The predicted octanol–water partition coefficient (Wildman–Crippen LogP) is 19.4. The van der Waals surface area contributed by atoms with Crippen molar-refractivity contribution in [3.63, 3.8) is 0 Å². The van der Waals surface area contributed by atoms with E-state index in [1.165, 1.54) is 77.4 Å². The van der Waals surface area contributed by atoms with Gasteiger partial charge in [0.05, 0.1) is 16.4 Å². The van der Waals surface area contributed by atoms with Crippen LogP contribution in [0.25, 0.3) is 72.0 Å². The highest BCUT2D eigenvalue weighted by molar-refractivity contribution is 6.11. The minimum Gasteiger partial charge on any atom is -0.310 e. The highest BCUT2D eigenvalue weighted by Crippen LogP contribution is 2.63. The molecule has 76 heavy (non-hydrogen) atoms. The van der Waals surface area contributed by atoms with Crippen LogP contribution in [-0.2, 0) is 5.41 Å². The summed E-state index contributed by atoms with van der Waals surface area (Å²) in [5, 5.41) is 2.43. The SMILES string of the molecule is c1ccc(-c2ccc(N(c3ccccc3)c3cc(-c4ccc5c(c4)c4ccccc4n5-c4ccccc4)cc(N(c4ccccc4)c4ccc5c(c4)C4(c6ccccc6-c6ccccc64)c4ccccc4-5)c3)cc2)cc1.